The van der Waals surface area contributed by atoms with Gasteiger partial charge in [-0.25, -0.2) is 4.98 Å². The van der Waals surface area contributed by atoms with Crippen LogP contribution in [0.4, 0.5) is 5.69 Å². The SMILES string of the molecule is Nc1ccc(-c2nc3ccccn3c2CN2CCOCC2)cc1. The molecule has 23 heavy (non-hydrogen) atoms. The van der Waals surface area contributed by atoms with Gasteiger partial charge >= 0.3 is 0 Å². The lowest BCUT2D eigenvalue weighted by Gasteiger charge is -2.26. The van der Waals surface area contributed by atoms with Gasteiger partial charge in [0.25, 0.3) is 0 Å². The van der Waals surface area contributed by atoms with Crippen LogP contribution in [-0.2, 0) is 11.3 Å². The van der Waals surface area contributed by atoms with Gasteiger partial charge in [-0.15, -0.1) is 0 Å². The van der Waals surface area contributed by atoms with E-state index in [-0.39, 0.29) is 0 Å². The largest absolute Gasteiger partial charge is 0.399 e. The maximum absolute atomic E-state index is 5.82. The van der Waals surface area contributed by atoms with Crippen molar-refractivity contribution in [3.63, 3.8) is 0 Å². The number of imidazole rings is 1. The van der Waals surface area contributed by atoms with Crippen molar-refractivity contribution in [1.29, 1.82) is 0 Å². The second-order valence-electron chi connectivity index (χ2n) is 5.85. The van der Waals surface area contributed by atoms with E-state index in [0.717, 1.165) is 55.4 Å². The Balaban J connectivity index is 1.79. The Labute approximate surface area is 135 Å². The van der Waals surface area contributed by atoms with Crippen molar-refractivity contribution in [3.8, 4) is 11.3 Å². The van der Waals surface area contributed by atoms with E-state index in [1.165, 1.54) is 5.69 Å². The molecule has 1 saturated heterocycles. The van der Waals surface area contributed by atoms with E-state index < -0.39 is 0 Å². The lowest BCUT2D eigenvalue weighted by molar-refractivity contribution is 0.0336. The minimum absolute atomic E-state index is 0.771. The molecular formula is C18H20N4O. The summed E-state index contributed by atoms with van der Waals surface area (Å²) >= 11 is 0. The molecule has 0 unspecified atom stereocenters. The first-order valence-electron chi connectivity index (χ1n) is 7.93. The highest BCUT2D eigenvalue weighted by molar-refractivity contribution is 5.68. The first kappa shape index (κ1) is 14.2. The van der Waals surface area contributed by atoms with Crippen LogP contribution < -0.4 is 5.73 Å². The zero-order chi connectivity index (χ0) is 15.6. The molecule has 0 aliphatic carbocycles. The van der Waals surface area contributed by atoms with Gasteiger partial charge in [0.15, 0.2) is 0 Å². The maximum Gasteiger partial charge on any atom is 0.137 e. The Morgan fingerprint density at radius 2 is 1.83 bits per heavy atom. The van der Waals surface area contributed by atoms with E-state index >= 15 is 0 Å². The lowest BCUT2D eigenvalue weighted by Crippen LogP contribution is -2.36. The number of pyridine rings is 1. The summed E-state index contributed by atoms with van der Waals surface area (Å²) in [6.45, 7) is 4.39. The monoisotopic (exact) mass is 308 g/mol. The number of ether oxygens (including phenoxy) is 1. The summed E-state index contributed by atoms with van der Waals surface area (Å²) in [5.41, 5.74) is 10.9. The number of aromatic nitrogens is 2. The van der Waals surface area contributed by atoms with Gasteiger partial charge in [0.1, 0.15) is 5.65 Å². The molecule has 3 heterocycles. The molecule has 1 aromatic carbocycles. The van der Waals surface area contributed by atoms with Crippen molar-refractivity contribution in [2.45, 2.75) is 6.54 Å². The quantitative estimate of drug-likeness (QED) is 0.755. The zero-order valence-corrected chi connectivity index (χ0v) is 13.0. The van der Waals surface area contributed by atoms with Gasteiger partial charge in [0.05, 0.1) is 24.6 Å². The van der Waals surface area contributed by atoms with Crippen LogP contribution in [0.15, 0.2) is 48.7 Å². The molecule has 5 nitrogen and oxygen atoms in total. The Kier molecular flexibility index (Phi) is 3.73. The van der Waals surface area contributed by atoms with E-state index in [2.05, 4.69) is 15.5 Å². The molecule has 1 aliphatic rings. The smallest absolute Gasteiger partial charge is 0.137 e. The molecule has 0 amide bonds. The normalized spacial score (nSPS) is 16.0. The summed E-state index contributed by atoms with van der Waals surface area (Å²) in [5.74, 6) is 0. The average molecular weight is 308 g/mol. The second kappa shape index (κ2) is 6.02. The minimum atomic E-state index is 0.771. The molecule has 0 saturated carbocycles. The number of hydrogen-bond donors (Lipinski definition) is 1. The van der Waals surface area contributed by atoms with Gasteiger partial charge in [0.2, 0.25) is 0 Å². The molecule has 0 spiro atoms. The average Bonchev–Trinajstić information content (AvgIpc) is 2.95. The topological polar surface area (TPSA) is 55.8 Å². The van der Waals surface area contributed by atoms with Crippen molar-refractivity contribution in [3.05, 3.63) is 54.4 Å². The number of benzene rings is 1. The third kappa shape index (κ3) is 2.81. The summed E-state index contributed by atoms with van der Waals surface area (Å²) in [7, 11) is 0. The van der Waals surface area contributed by atoms with Crippen LogP contribution in [0.25, 0.3) is 16.9 Å². The van der Waals surface area contributed by atoms with Crippen LogP contribution in [0.1, 0.15) is 5.69 Å². The fraction of sp³-hybridized carbons (Fsp3) is 0.278. The number of nitrogens with two attached hydrogens (primary N) is 1. The van der Waals surface area contributed by atoms with Crippen molar-refractivity contribution in [2.75, 3.05) is 32.0 Å². The van der Waals surface area contributed by atoms with Crippen molar-refractivity contribution < 1.29 is 4.74 Å². The van der Waals surface area contributed by atoms with Gasteiger partial charge in [-0.05, 0) is 24.3 Å². The van der Waals surface area contributed by atoms with Gasteiger partial charge in [-0.2, -0.15) is 0 Å². The third-order valence-corrected chi connectivity index (χ3v) is 4.29. The summed E-state index contributed by atoms with van der Waals surface area (Å²) in [5, 5.41) is 0. The van der Waals surface area contributed by atoms with Gasteiger partial charge < -0.3 is 14.9 Å². The highest BCUT2D eigenvalue weighted by atomic mass is 16.5. The van der Waals surface area contributed by atoms with Gasteiger partial charge in [-0.1, -0.05) is 18.2 Å². The minimum Gasteiger partial charge on any atom is -0.399 e. The highest BCUT2D eigenvalue weighted by Crippen LogP contribution is 2.26. The Hall–Kier alpha value is -2.37. The predicted molar refractivity (Wildman–Crippen MR) is 91.1 cm³/mol. The predicted octanol–water partition coefficient (Wildman–Crippen LogP) is 2.42. The summed E-state index contributed by atoms with van der Waals surface area (Å²) in [6, 6.07) is 14.1. The number of nitrogen functional groups attached to an aromatic ring is 1. The van der Waals surface area contributed by atoms with Gasteiger partial charge in [-0.3, -0.25) is 4.90 Å². The Bertz CT molecular complexity index is 804. The lowest BCUT2D eigenvalue weighted by atomic mass is 10.1. The molecule has 2 aromatic heterocycles. The highest BCUT2D eigenvalue weighted by Gasteiger charge is 2.18. The van der Waals surface area contributed by atoms with Crippen LogP contribution in [-0.4, -0.2) is 40.6 Å². The van der Waals surface area contributed by atoms with Crippen LogP contribution in [0, 0.1) is 0 Å². The molecule has 0 atom stereocenters. The van der Waals surface area contributed by atoms with Crippen LogP contribution >= 0.6 is 0 Å². The molecule has 2 N–H and O–H groups in total. The van der Waals surface area contributed by atoms with E-state index in [0.29, 0.717) is 0 Å². The van der Waals surface area contributed by atoms with E-state index in [4.69, 9.17) is 15.5 Å². The fourth-order valence-electron chi connectivity index (χ4n) is 3.04. The standard InChI is InChI=1S/C18H20N4O/c19-15-6-4-14(5-7-15)18-16(13-21-9-11-23-12-10-21)22-8-2-1-3-17(22)20-18/h1-8H,9-13,19H2. The van der Waals surface area contributed by atoms with E-state index in [9.17, 15) is 0 Å². The number of nitrogens with zero attached hydrogens (tertiary/aromatic N) is 3. The molecule has 0 radical (unpaired) electrons. The van der Waals surface area contributed by atoms with Crippen molar-refractivity contribution >= 4 is 11.3 Å². The first-order valence-corrected chi connectivity index (χ1v) is 7.93. The van der Waals surface area contributed by atoms with Crippen LogP contribution in [0.5, 0.6) is 0 Å². The molecule has 3 aromatic rings. The Morgan fingerprint density at radius 3 is 2.61 bits per heavy atom. The summed E-state index contributed by atoms with van der Waals surface area (Å²) in [4.78, 5) is 7.26. The molecule has 118 valence electrons. The van der Waals surface area contributed by atoms with Crippen molar-refractivity contribution in [1.82, 2.24) is 14.3 Å². The molecule has 1 fully saturated rings. The van der Waals surface area contributed by atoms with Crippen LogP contribution in [0.3, 0.4) is 0 Å². The second-order valence-corrected chi connectivity index (χ2v) is 5.85. The molecule has 4 rings (SSSR count). The van der Waals surface area contributed by atoms with Crippen molar-refractivity contribution in [2.24, 2.45) is 0 Å². The fourth-order valence-corrected chi connectivity index (χ4v) is 3.04. The molecule has 0 bridgehead atoms. The van der Waals surface area contributed by atoms with E-state index in [1.54, 1.807) is 0 Å². The van der Waals surface area contributed by atoms with Gasteiger partial charge in [0, 0.05) is 37.1 Å². The summed E-state index contributed by atoms with van der Waals surface area (Å²) in [6.07, 6.45) is 2.08. The number of morpholine rings is 1. The van der Waals surface area contributed by atoms with Crippen LogP contribution in [0.2, 0.25) is 0 Å². The molecular weight excluding hydrogens is 288 g/mol. The maximum atomic E-state index is 5.82. The molecule has 1 aliphatic heterocycles. The first-order chi connectivity index (χ1) is 11.3. The Morgan fingerprint density at radius 1 is 1.04 bits per heavy atom. The molecule has 5 heteroatoms. The summed E-state index contributed by atoms with van der Waals surface area (Å²) < 4.78 is 7.64. The van der Waals surface area contributed by atoms with E-state index in [1.807, 2.05) is 42.5 Å². The number of fused-ring (bicyclic) bond motifs is 1. The number of rotatable bonds is 3. The zero-order valence-electron chi connectivity index (χ0n) is 13.0. The number of hydrogen-bond acceptors (Lipinski definition) is 4. The number of anilines is 1. The third-order valence-electron chi connectivity index (χ3n) is 4.29.